The number of ether oxygens (including phenoxy) is 1. The summed E-state index contributed by atoms with van der Waals surface area (Å²) in [6.45, 7) is 1.99. The van der Waals surface area contributed by atoms with Crippen molar-refractivity contribution < 1.29 is 9.84 Å². The van der Waals surface area contributed by atoms with Crippen molar-refractivity contribution in [2.24, 2.45) is 0 Å². The predicted molar refractivity (Wildman–Crippen MR) is 84.2 cm³/mol. The molecule has 0 spiro atoms. The van der Waals surface area contributed by atoms with Gasteiger partial charge >= 0.3 is 0 Å². The maximum absolute atomic E-state index is 9.36. The number of aromatic hydroxyl groups is 1. The van der Waals surface area contributed by atoms with Crippen molar-refractivity contribution in [1.29, 1.82) is 0 Å². The summed E-state index contributed by atoms with van der Waals surface area (Å²) in [7, 11) is 1.61. The third kappa shape index (κ3) is 2.35. The number of hydrogen-bond acceptors (Lipinski definition) is 5. The number of phenolic OH excluding ortho intramolecular Hbond substituents is 1. The summed E-state index contributed by atoms with van der Waals surface area (Å²) in [5.74, 6) is 1.28. The number of hydrogen-bond donors (Lipinski definition) is 2. The Bertz CT molecular complexity index is 810. The number of nitrogens with zero attached hydrogens (tertiary/aromatic N) is 3. The molecule has 0 radical (unpaired) electrons. The molecule has 1 aromatic heterocycles. The van der Waals surface area contributed by atoms with Gasteiger partial charge in [-0.25, -0.2) is 0 Å². The lowest BCUT2D eigenvalue weighted by Crippen LogP contribution is -2.02. The molecular weight excluding hydrogens is 280 g/mol. The topological polar surface area (TPSA) is 86.2 Å². The molecule has 2 aromatic carbocycles. The second-order valence-corrected chi connectivity index (χ2v) is 4.96. The highest BCUT2D eigenvalue weighted by Gasteiger charge is 2.17. The molecule has 3 aromatic rings. The molecule has 0 aliphatic rings. The van der Waals surface area contributed by atoms with Gasteiger partial charge in [0.15, 0.2) is 5.82 Å². The standard InChI is InChI=1S/C16H16N4O2/c1-10-3-8-14(22-2)13(9-10)15-16(17)20(19-18-15)11-4-6-12(21)7-5-11/h3-9,21H,17H2,1-2H3. The largest absolute Gasteiger partial charge is 0.508 e. The van der Waals surface area contributed by atoms with E-state index >= 15 is 0 Å². The Morgan fingerprint density at radius 2 is 1.86 bits per heavy atom. The number of aromatic nitrogens is 3. The SMILES string of the molecule is COc1ccc(C)cc1-c1nnn(-c2ccc(O)cc2)c1N. The summed E-state index contributed by atoms with van der Waals surface area (Å²) < 4.78 is 6.90. The quantitative estimate of drug-likeness (QED) is 0.775. The van der Waals surface area contributed by atoms with Gasteiger partial charge in [0.2, 0.25) is 0 Å². The minimum atomic E-state index is 0.183. The first-order valence-electron chi connectivity index (χ1n) is 6.75. The van der Waals surface area contributed by atoms with Crippen LogP contribution >= 0.6 is 0 Å². The summed E-state index contributed by atoms with van der Waals surface area (Å²) in [6, 6.07) is 12.4. The molecule has 0 unspecified atom stereocenters. The maximum Gasteiger partial charge on any atom is 0.156 e. The van der Waals surface area contributed by atoms with Crippen LogP contribution in [0.1, 0.15) is 5.56 Å². The summed E-state index contributed by atoms with van der Waals surface area (Å²) in [6.07, 6.45) is 0. The second-order valence-electron chi connectivity index (χ2n) is 4.96. The molecule has 1 heterocycles. The van der Waals surface area contributed by atoms with Gasteiger partial charge in [-0.3, -0.25) is 0 Å². The van der Waals surface area contributed by atoms with E-state index in [1.54, 1.807) is 31.4 Å². The molecular formula is C16H16N4O2. The summed E-state index contributed by atoms with van der Waals surface area (Å²) in [4.78, 5) is 0. The molecule has 0 atom stereocenters. The van der Waals surface area contributed by atoms with Crippen LogP contribution in [0.25, 0.3) is 16.9 Å². The number of phenols is 1. The fraction of sp³-hybridized carbons (Fsp3) is 0.125. The van der Waals surface area contributed by atoms with Gasteiger partial charge in [-0.15, -0.1) is 5.10 Å². The van der Waals surface area contributed by atoms with E-state index in [2.05, 4.69) is 10.3 Å². The third-order valence-corrected chi connectivity index (χ3v) is 3.41. The molecule has 6 nitrogen and oxygen atoms in total. The predicted octanol–water partition coefficient (Wildman–Crippen LogP) is 2.54. The Hall–Kier alpha value is -3.02. The average molecular weight is 296 g/mol. The zero-order valence-corrected chi connectivity index (χ0v) is 12.3. The first-order chi connectivity index (χ1) is 10.6. The van der Waals surface area contributed by atoms with Gasteiger partial charge in [0.05, 0.1) is 12.8 Å². The van der Waals surface area contributed by atoms with Crippen LogP contribution in [0.15, 0.2) is 42.5 Å². The average Bonchev–Trinajstić information content (AvgIpc) is 2.89. The molecule has 3 N–H and O–H groups in total. The maximum atomic E-state index is 9.36. The van der Waals surface area contributed by atoms with Crippen molar-refractivity contribution in [1.82, 2.24) is 15.0 Å². The molecule has 0 aliphatic heterocycles. The van der Waals surface area contributed by atoms with Crippen molar-refractivity contribution >= 4 is 5.82 Å². The van der Waals surface area contributed by atoms with Crippen LogP contribution in [0.5, 0.6) is 11.5 Å². The Labute approximate surface area is 127 Å². The van der Waals surface area contributed by atoms with Crippen LogP contribution in [0.3, 0.4) is 0 Å². The number of methoxy groups -OCH3 is 1. The van der Waals surface area contributed by atoms with Crippen LogP contribution in [0, 0.1) is 6.92 Å². The van der Waals surface area contributed by atoms with Gasteiger partial charge in [-0.2, -0.15) is 4.68 Å². The van der Waals surface area contributed by atoms with E-state index in [0.717, 1.165) is 16.8 Å². The molecule has 6 heteroatoms. The van der Waals surface area contributed by atoms with Crippen molar-refractivity contribution in [3.63, 3.8) is 0 Å². The number of aryl methyl sites for hydroxylation is 1. The van der Waals surface area contributed by atoms with E-state index in [-0.39, 0.29) is 5.75 Å². The molecule has 0 fully saturated rings. The Kier molecular flexibility index (Phi) is 3.42. The van der Waals surface area contributed by atoms with E-state index in [9.17, 15) is 5.11 Å². The number of anilines is 1. The van der Waals surface area contributed by atoms with E-state index in [1.807, 2.05) is 25.1 Å². The van der Waals surface area contributed by atoms with Crippen molar-refractivity contribution in [2.75, 3.05) is 12.8 Å². The highest BCUT2D eigenvalue weighted by Crippen LogP contribution is 2.33. The van der Waals surface area contributed by atoms with Crippen LogP contribution in [-0.2, 0) is 0 Å². The number of nitrogen functional groups attached to an aromatic ring is 1. The van der Waals surface area contributed by atoms with Gasteiger partial charge in [-0.1, -0.05) is 16.8 Å². The Morgan fingerprint density at radius 1 is 1.14 bits per heavy atom. The Morgan fingerprint density at radius 3 is 2.55 bits per heavy atom. The molecule has 0 saturated heterocycles. The number of benzene rings is 2. The normalized spacial score (nSPS) is 10.6. The van der Waals surface area contributed by atoms with Gasteiger partial charge in [0.1, 0.15) is 17.2 Å². The second kappa shape index (κ2) is 5.40. The Balaban J connectivity index is 2.11. The fourth-order valence-electron chi connectivity index (χ4n) is 2.27. The highest BCUT2D eigenvalue weighted by molar-refractivity contribution is 5.76. The van der Waals surface area contributed by atoms with E-state index in [1.165, 1.54) is 4.68 Å². The van der Waals surface area contributed by atoms with Crippen LogP contribution < -0.4 is 10.5 Å². The highest BCUT2D eigenvalue weighted by atomic mass is 16.5. The van der Waals surface area contributed by atoms with Crippen LogP contribution in [-0.4, -0.2) is 27.2 Å². The molecule has 0 aliphatic carbocycles. The molecule has 22 heavy (non-hydrogen) atoms. The van der Waals surface area contributed by atoms with E-state index in [0.29, 0.717) is 17.3 Å². The molecule has 0 bridgehead atoms. The van der Waals surface area contributed by atoms with Gasteiger partial charge in [0, 0.05) is 5.56 Å². The lowest BCUT2D eigenvalue weighted by atomic mass is 10.1. The van der Waals surface area contributed by atoms with E-state index in [4.69, 9.17) is 10.5 Å². The third-order valence-electron chi connectivity index (χ3n) is 3.41. The lowest BCUT2D eigenvalue weighted by Gasteiger charge is -2.08. The molecule has 3 rings (SSSR count). The van der Waals surface area contributed by atoms with E-state index < -0.39 is 0 Å². The first kappa shape index (κ1) is 13.9. The molecule has 0 amide bonds. The zero-order chi connectivity index (χ0) is 15.7. The van der Waals surface area contributed by atoms with Gasteiger partial charge < -0.3 is 15.6 Å². The zero-order valence-electron chi connectivity index (χ0n) is 12.3. The monoisotopic (exact) mass is 296 g/mol. The fourth-order valence-corrected chi connectivity index (χ4v) is 2.27. The summed E-state index contributed by atoms with van der Waals surface area (Å²) in [5, 5.41) is 17.6. The summed E-state index contributed by atoms with van der Waals surface area (Å²) >= 11 is 0. The van der Waals surface area contributed by atoms with Crippen LogP contribution in [0.2, 0.25) is 0 Å². The minimum Gasteiger partial charge on any atom is -0.508 e. The van der Waals surface area contributed by atoms with Gasteiger partial charge in [-0.05, 0) is 43.3 Å². The minimum absolute atomic E-state index is 0.183. The van der Waals surface area contributed by atoms with Crippen LogP contribution in [0.4, 0.5) is 5.82 Å². The van der Waals surface area contributed by atoms with Crippen molar-refractivity contribution in [3.05, 3.63) is 48.0 Å². The smallest absolute Gasteiger partial charge is 0.156 e. The number of rotatable bonds is 3. The first-order valence-corrected chi connectivity index (χ1v) is 6.75. The number of nitrogens with two attached hydrogens (primary N) is 1. The van der Waals surface area contributed by atoms with Crippen molar-refractivity contribution in [3.8, 4) is 28.4 Å². The molecule has 112 valence electrons. The molecule has 0 saturated carbocycles. The van der Waals surface area contributed by atoms with Gasteiger partial charge in [0.25, 0.3) is 0 Å². The van der Waals surface area contributed by atoms with Crippen molar-refractivity contribution in [2.45, 2.75) is 6.92 Å². The lowest BCUT2D eigenvalue weighted by molar-refractivity contribution is 0.416. The summed E-state index contributed by atoms with van der Waals surface area (Å²) in [5.41, 5.74) is 9.36.